The lowest BCUT2D eigenvalue weighted by Crippen LogP contribution is -2.16. The molecule has 0 atom stereocenters. The predicted molar refractivity (Wildman–Crippen MR) is 114 cm³/mol. The lowest BCUT2D eigenvalue weighted by Gasteiger charge is -2.29. The van der Waals surface area contributed by atoms with E-state index < -0.39 is 0 Å². The summed E-state index contributed by atoms with van der Waals surface area (Å²) in [6, 6.07) is 7.25. The normalized spacial score (nSPS) is 15.2. The monoisotopic (exact) mass is 405 g/mol. The Morgan fingerprint density at radius 2 is 2.10 bits per heavy atom. The van der Waals surface area contributed by atoms with Gasteiger partial charge < -0.3 is 9.72 Å². The van der Waals surface area contributed by atoms with Crippen molar-refractivity contribution >= 4 is 17.3 Å². The number of aromatic amines is 1. The highest BCUT2D eigenvalue weighted by Crippen LogP contribution is 2.38. The maximum Gasteiger partial charge on any atom is 0.311 e. The molecule has 0 bridgehead atoms. The number of rotatable bonds is 7. The van der Waals surface area contributed by atoms with Crippen LogP contribution in [0.4, 0.5) is 0 Å². The van der Waals surface area contributed by atoms with Gasteiger partial charge in [-0.1, -0.05) is 26.0 Å². The summed E-state index contributed by atoms with van der Waals surface area (Å²) in [6.45, 7) is 6.60. The third kappa shape index (κ3) is 5.24. The second kappa shape index (κ2) is 9.08. The van der Waals surface area contributed by atoms with Gasteiger partial charge in [0.25, 0.3) is 0 Å². The molecule has 2 aromatic heterocycles. The molecule has 0 fully saturated rings. The number of Topliss-reactive ketones (excluding diaryl/α,β-unsaturated/α-hetero) is 1. The number of H-pyrrole nitrogens is 1. The van der Waals surface area contributed by atoms with Gasteiger partial charge in [0, 0.05) is 12.6 Å². The number of carbonyl (C=O) groups excluding carboxylic acids is 2. The zero-order chi connectivity index (χ0) is 21.7. The first kappa shape index (κ1) is 21.5. The molecule has 0 aromatic carbocycles. The first-order valence-electron chi connectivity index (χ1n) is 10.3. The van der Waals surface area contributed by atoms with Crippen molar-refractivity contribution in [3.63, 3.8) is 0 Å². The Morgan fingerprint density at radius 1 is 1.30 bits per heavy atom. The number of ketones is 1. The number of nitrogens with zero attached hydrogens (tertiary/aromatic N) is 2. The lowest BCUT2D eigenvalue weighted by atomic mass is 9.77. The van der Waals surface area contributed by atoms with Gasteiger partial charge in [0.1, 0.15) is 6.07 Å². The van der Waals surface area contributed by atoms with Crippen molar-refractivity contribution in [2.45, 2.75) is 52.9 Å². The molecule has 6 nitrogen and oxygen atoms in total. The van der Waals surface area contributed by atoms with Gasteiger partial charge in [-0.25, -0.2) is 0 Å². The van der Waals surface area contributed by atoms with E-state index in [0.717, 1.165) is 36.1 Å². The Bertz CT molecular complexity index is 1020. The molecule has 0 saturated carbocycles. The third-order valence-corrected chi connectivity index (χ3v) is 5.41. The summed E-state index contributed by atoms with van der Waals surface area (Å²) < 4.78 is 5.05. The number of carbonyl (C=O) groups is 2. The van der Waals surface area contributed by atoms with E-state index in [1.54, 1.807) is 19.1 Å². The number of ether oxygens (including phenoxy) is 1. The Labute approximate surface area is 177 Å². The number of esters is 1. The van der Waals surface area contributed by atoms with Crippen molar-refractivity contribution < 1.29 is 14.3 Å². The van der Waals surface area contributed by atoms with Gasteiger partial charge in [0.15, 0.2) is 5.78 Å². The van der Waals surface area contributed by atoms with Gasteiger partial charge in [-0.15, -0.1) is 0 Å². The molecule has 0 unspecified atom stereocenters. The van der Waals surface area contributed by atoms with Gasteiger partial charge in [0.05, 0.1) is 35.7 Å². The van der Waals surface area contributed by atoms with Crippen LogP contribution in [-0.2, 0) is 22.4 Å². The molecule has 0 radical (unpaired) electrons. The van der Waals surface area contributed by atoms with Crippen molar-refractivity contribution in [1.29, 1.82) is 5.26 Å². The number of pyridine rings is 1. The maximum atomic E-state index is 12.8. The fourth-order valence-corrected chi connectivity index (χ4v) is 3.59. The van der Waals surface area contributed by atoms with Gasteiger partial charge in [-0.05, 0) is 54.9 Å². The Kier molecular flexibility index (Phi) is 6.51. The van der Waals surface area contributed by atoms with Crippen LogP contribution < -0.4 is 0 Å². The molecular formula is C24H27N3O3. The van der Waals surface area contributed by atoms with Gasteiger partial charge in [-0.2, -0.15) is 5.26 Å². The van der Waals surface area contributed by atoms with E-state index in [1.165, 1.54) is 6.20 Å². The molecule has 1 aliphatic carbocycles. The molecule has 156 valence electrons. The third-order valence-electron chi connectivity index (χ3n) is 5.41. The number of aromatic nitrogens is 2. The molecule has 0 amide bonds. The van der Waals surface area contributed by atoms with Crippen LogP contribution in [0.15, 0.2) is 30.5 Å². The number of hydrogen-bond acceptors (Lipinski definition) is 5. The van der Waals surface area contributed by atoms with Crippen molar-refractivity contribution in [2.24, 2.45) is 5.41 Å². The Balaban J connectivity index is 1.91. The number of nitriles is 1. The summed E-state index contributed by atoms with van der Waals surface area (Å²) in [6.07, 6.45) is 6.88. The van der Waals surface area contributed by atoms with E-state index in [2.05, 4.69) is 24.9 Å². The molecule has 2 heterocycles. The first-order valence-corrected chi connectivity index (χ1v) is 10.3. The van der Waals surface area contributed by atoms with E-state index in [-0.39, 0.29) is 30.0 Å². The SMILES string of the molecule is CCOC(=O)Cc1ccc(CC(=O)c2cc(C#N)c[nH]2)c(C2=CCC(C)(C)CC2)n1. The number of nitrogens with one attached hydrogen (secondary N) is 1. The largest absolute Gasteiger partial charge is 0.466 e. The van der Waals surface area contributed by atoms with E-state index >= 15 is 0 Å². The smallest absolute Gasteiger partial charge is 0.311 e. The van der Waals surface area contributed by atoms with Crippen molar-refractivity contribution in [2.75, 3.05) is 6.61 Å². The van der Waals surface area contributed by atoms with Crippen LogP contribution >= 0.6 is 0 Å². The van der Waals surface area contributed by atoms with Crippen LogP contribution in [0.3, 0.4) is 0 Å². The molecule has 2 aromatic rings. The number of hydrogen-bond donors (Lipinski definition) is 1. The van der Waals surface area contributed by atoms with Gasteiger partial charge in [-0.3, -0.25) is 14.6 Å². The van der Waals surface area contributed by atoms with Crippen molar-refractivity contribution in [3.05, 3.63) is 58.7 Å². The van der Waals surface area contributed by atoms with Crippen molar-refractivity contribution in [1.82, 2.24) is 9.97 Å². The summed E-state index contributed by atoms with van der Waals surface area (Å²) >= 11 is 0. The highest BCUT2D eigenvalue weighted by molar-refractivity contribution is 5.96. The summed E-state index contributed by atoms with van der Waals surface area (Å²) in [5, 5.41) is 8.98. The lowest BCUT2D eigenvalue weighted by molar-refractivity contribution is -0.142. The van der Waals surface area contributed by atoms with Gasteiger partial charge >= 0.3 is 5.97 Å². The Morgan fingerprint density at radius 3 is 2.73 bits per heavy atom. The fraction of sp³-hybridized carbons (Fsp3) is 0.417. The average Bonchev–Trinajstić information content (AvgIpc) is 3.19. The summed E-state index contributed by atoms with van der Waals surface area (Å²) in [4.78, 5) is 32.3. The van der Waals surface area contributed by atoms with Gasteiger partial charge in [0.2, 0.25) is 0 Å². The highest BCUT2D eigenvalue weighted by atomic mass is 16.5. The molecular weight excluding hydrogens is 378 g/mol. The molecule has 0 saturated heterocycles. The van der Waals surface area contributed by atoms with Crippen LogP contribution in [0.2, 0.25) is 0 Å². The molecule has 30 heavy (non-hydrogen) atoms. The predicted octanol–water partition coefficient (Wildman–Crippen LogP) is 4.41. The highest BCUT2D eigenvalue weighted by Gasteiger charge is 2.25. The van der Waals surface area contributed by atoms with Crippen molar-refractivity contribution in [3.8, 4) is 6.07 Å². The second-order valence-electron chi connectivity index (χ2n) is 8.40. The fourth-order valence-electron chi connectivity index (χ4n) is 3.59. The molecule has 0 spiro atoms. The molecule has 3 rings (SSSR count). The van der Waals surface area contributed by atoms with E-state index in [4.69, 9.17) is 15.0 Å². The average molecular weight is 405 g/mol. The molecule has 1 aliphatic rings. The summed E-state index contributed by atoms with van der Waals surface area (Å²) in [5.41, 5.74) is 4.45. The topological polar surface area (TPSA) is 95.8 Å². The van der Waals surface area contributed by atoms with E-state index in [0.29, 0.717) is 23.6 Å². The van der Waals surface area contributed by atoms with E-state index in [1.807, 2.05) is 12.1 Å². The minimum absolute atomic E-state index is 0.102. The summed E-state index contributed by atoms with van der Waals surface area (Å²) in [7, 11) is 0. The second-order valence-corrected chi connectivity index (χ2v) is 8.40. The number of allylic oxidation sites excluding steroid dienone is 2. The van der Waals surface area contributed by atoms with Crippen LogP contribution in [0.1, 0.15) is 73.0 Å². The van der Waals surface area contributed by atoms with Crippen LogP contribution in [-0.4, -0.2) is 28.3 Å². The molecule has 0 aliphatic heterocycles. The molecule has 6 heteroatoms. The quantitative estimate of drug-likeness (QED) is 0.544. The van der Waals surface area contributed by atoms with E-state index in [9.17, 15) is 9.59 Å². The minimum atomic E-state index is -0.311. The standard InChI is InChI=1S/C24H27N3O3/c1-4-30-22(29)13-19-6-5-18(12-21(28)20-11-16(14-25)15-26-20)23(27-19)17-7-9-24(2,3)10-8-17/h5-7,11,15,26H,4,8-10,12-13H2,1-3H3. The van der Waals surface area contributed by atoms with Crippen LogP contribution in [0.25, 0.3) is 5.57 Å². The zero-order valence-corrected chi connectivity index (χ0v) is 17.7. The first-order chi connectivity index (χ1) is 14.3. The zero-order valence-electron chi connectivity index (χ0n) is 17.7. The van der Waals surface area contributed by atoms with Crippen LogP contribution in [0.5, 0.6) is 0 Å². The van der Waals surface area contributed by atoms with Crippen LogP contribution in [0, 0.1) is 16.7 Å². The minimum Gasteiger partial charge on any atom is -0.466 e. The Hall–Kier alpha value is -3.20. The molecule has 1 N–H and O–H groups in total. The maximum absolute atomic E-state index is 12.8. The summed E-state index contributed by atoms with van der Waals surface area (Å²) in [5.74, 6) is -0.414.